The maximum absolute atomic E-state index is 12.8. The molecule has 0 aliphatic carbocycles. The summed E-state index contributed by atoms with van der Waals surface area (Å²) in [7, 11) is 0. The first-order valence-electron chi connectivity index (χ1n) is 7.30. The largest absolute Gasteiger partial charge is 0.353 e. The smallest absolute Gasteiger partial charge is 0.195 e. The van der Waals surface area contributed by atoms with Crippen LogP contribution in [0.5, 0.6) is 0 Å². The first kappa shape index (κ1) is 13.4. The fourth-order valence-electron chi connectivity index (χ4n) is 2.62. The van der Waals surface area contributed by atoms with Crippen molar-refractivity contribution in [1.82, 2.24) is 9.97 Å². The van der Waals surface area contributed by atoms with Crippen molar-refractivity contribution in [3.05, 3.63) is 83.4 Å². The van der Waals surface area contributed by atoms with E-state index in [2.05, 4.69) is 15.3 Å². The molecule has 2 heterocycles. The number of rotatable bonds is 2. The monoisotopic (exact) mass is 299 g/mol. The Balaban J connectivity index is 1.93. The predicted octanol–water partition coefficient (Wildman–Crippen LogP) is 3.89. The summed E-state index contributed by atoms with van der Waals surface area (Å²) in [6, 6.07) is 17.0. The molecule has 23 heavy (non-hydrogen) atoms. The summed E-state index contributed by atoms with van der Waals surface area (Å²) >= 11 is 0. The third kappa shape index (κ3) is 2.51. The Morgan fingerprint density at radius 1 is 0.826 bits per heavy atom. The molecule has 0 atom stereocenters. The van der Waals surface area contributed by atoms with Gasteiger partial charge in [0.15, 0.2) is 5.43 Å². The van der Waals surface area contributed by atoms with E-state index in [-0.39, 0.29) is 5.43 Å². The van der Waals surface area contributed by atoms with E-state index in [0.29, 0.717) is 16.3 Å². The highest BCUT2D eigenvalue weighted by Crippen LogP contribution is 2.19. The van der Waals surface area contributed by atoms with Crippen LogP contribution in [-0.2, 0) is 0 Å². The molecule has 0 unspecified atom stereocenters. The zero-order chi connectivity index (χ0) is 15.6. The molecule has 2 aromatic carbocycles. The number of hydrogen-bond donors (Lipinski definition) is 1. The van der Waals surface area contributed by atoms with E-state index in [1.54, 1.807) is 18.6 Å². The SMILES string of the molecule is O=c1c2ccccc2ccc2ncc(Nc3cccnc3)cc12. The van der Waals surface area contributed by atoms with Gasteiger partial charge in [-0.3, -0.25) is 14.8 Å². The van der Waals surface area contributed by atoms with Crippen LogP contribution in [0.3, 0.4) is 0 Å². The molecule has 0 aliphatic heterocycles. The topological polar surface area (TPSA) is 54.9 Å². The van der Waals surface area contributed by atoms with Crippen molar-refractivity contribution in [2.24, 2.45) is 0 Å². The number of hydrogen-bond acceptors (Lipinski definition) is 4. The molecule has 4 heteroatoms. The van der Waals surface area contributed by atoms with Crippen LogP contribution in [0.25, 0.3) is 21.7 Å². The second kappa shape index (κ2) is 5.50. The van der Waals surface area contributed by atoms with Gasteiger partial charge in [-0.05, 0) is 29.7 Å². The Labute approximate surface area is 132 Å². The van der Waals surface area contributed by atoms with E-state index in [1.165, 1.54) is 0 Å². The number of fused-ring (bicyclic) bond motifs is 2. The van der Waals surface area contributed by atoms with Crippen molar-refractivity contribution >= 4 is 33.1 Å². The molecule has 0 amide bonds. The lowest BCUT2D eigenvalue weighted by Crippen LogP contribution is -2.00. The number of benzene rings is 1. The van der Waals surface area contributed by atoms with Crippen molar-refractivity contribution in [1.29, 1.82) is 0 Å². The zero-order valence-corrected chi connectivity index (χ0v) is 12.2. The van der Waals surface area contributed by atoms with Gasteiger partial charge in [0.2, 0.25) is 0 Å². The highest BCUT2D eigenvalue weighted by atomic mass is 16.1. The first-order valence-corrected chi connectivity index (χ1v) is 7.30. The fraction of sp³-hybridized carbons (Fsp3) is 0. The van der Waals surface area contributed by atoms with Gasteiger partial charge in [0.1, 0.15) is 0 Å². The summed E-state index contributed by atoms with van der Waals surface area (Å²) < 4.78 is 0. The van der Waals surface area contributed by atoms with Crippen LogP contribution < -0.4 is 10.7 Å². The summed E-state index contributed by atoms with van der Waals surface area (Å²) in [4.78, 5) is 21.3. The minimum atomic E-state index is -0.0112. The van der Waals surface area contributed by atoms with Crippen LogP contribution >= 0.6 is 0 Å². The van der Waals surface area contributed by atoms with Gasteiger partial charge in [-0.2, -0.15) is 0 Å². The lowest BCUT2D eigenvalue weighted by atomic mass is 10.1. The average Bonchev–Trinajstić information content (AvgIpc) is 2.74. The number of nitrogens with one attached hydrogen (secondary N) is 1. The second-order valence-electron chi connectivity index (χ2n) is 5.27. The average molecular weight is 299 g/mol. The maximum atomic E-state index is 12.8. The Morgan fingerprint density at radius 2 is 1.74 bits per heavy atom. The van der Waals surface area contributed by atoms with E-state index in [1.807, 2.05) is 54.6 Å². The van der Waals surface area contributed by atoms with E-state index in [4.69, 9.17) is 0 Å². The minimum absolute atomic E-state index is 0.0112. The van der Waals surface area contributed by atoms with E-state index in [0.717, 1.165) is 16.8 Å². The van der Waals surface area contributed by atoms with Gasteiger partial charge in [0, 0.05) is 11.6 Å². The molecular weight excluding hydrogens is 286 g/mol. The maximum Gasteiger partial charge on any atom is 0.195 e. The Morgan fingerprint density at radius 3 is 2.61 bits per heavy atom. The van der Waals surface area contributed by atoms with Crippen LogP contribution in [0.2, 0.25) is 0 Å². The van der Waals surface area contributed by atoms with Crippen molar-refractivity contribution < 1.29 is 0 Å². The Hall–Kier alpha value is -3.27. The second-order valence-corrected chi connectivity index (χ2v) is 5.27. The van der Waals surface area contributed by atoms with Gasteiger partial charge in [-0.25, -0.2) is 0 Å². The highest BCUT2D eigenvalue weighted by molar-refractivity contribution is 5.92. The van der Waals surface area contributed by atoms with Crippen molar-refractivity contribution in [3.63, 3.8) is 0 Å². The summed E-state index contributed by atoms with van der Waals surface area (Å²) in [5.41, 5.74) is 2.29. The molecule has 0 aliphatic rings. The normalized spacial score (nSPS) is 10.8. The molecule has 4 nitrogen and oxygen atoms in total. The molecule has 4 rings (SSSR count). The molecule has 2 aromatic heterocycles. The number of pyridine rings is 2. The Kier molecular flexibility index (Phi) is 3.20. The van der Waals surface area contributed by atoms with Gasteiger partial charge in [-0.1, -0.05) is 30.3 Å². The molecular formula is C19H13N3O. The zero-order valence-electron chi connectivity index (χ0n) is 12.2. The predicted molar refractivity (Wildman–Crippen MR) is 93.0 cm³/mol. The quantitative estimate of drug-likeness (QED) is 0.610. The van der Waals surface area contributed by atoms with Crippen LogP contribution in [0.4, 0.5) is 11.4 Å². The summed E-state index contributed by atoms with van der Waals surface area (Å²) in [6.45, 7) is 0. The molecule has 110 valence electrons. The van der Waals surface area contributed by atoms with Crippen LogP contribution in [0.1, 0.15) is 0 Å². The lowest BCUT2D eigenvalue weighted by Gasteiger charge is -2.05. The van der Waals surface area contributed by atoms with Gasteiger partial charge < -0.3 is 5.32 Å². The molecule has 1 N–H and O–H groups in total. The van der Waals surface area contributed by atoms with Crippen molar-refractivity contribution in [3.8, 4) is 0 Å². The van der Waals surface area contributed by atoms with Crippen LogP contribution in [-0.4, -0.2) is 9.97 Å². The number of nitrogens with zero attached hydrogens (tertiary/aromatic N) is 2. The standard InChI is InChI=1S/C19H13N3O/c23-19-16-6-2-1-4-13(16)7-8-18-17(19)10-15(12-21-18)22-14-5-3-9-20-11-14/h1-12,22H. The number of anilines is 2. The van der Waals surface area contributed by atoms with Gasteiger partial charge in [-0.15, -0.1) is 0 Å². The third-order valence-corrected chi connectivity index (χ3v) is 3.74. The molecule has 0 spiro atoms. The van der Waals surface area contributed by atoms with Crippen LogP contribution in [0.15, 0.2) is 78.0 Å². The lowest BCUT2D eigenvalue weighted by molar-refractivity contribution is 1.32. The van der Waals surface area contributed by atoms with Gasteiger partial charge in [0.25, 0.3) is 0 Å². The van der Waals surface area contributed by atoms with Crippen LogP contribution in [0, 0.1) is 0 Å². The molecule has 0 saturated heterocycles. The molecule has 0 bridgehead atoms. The first-order chi connectivity index (χ1) is 11.3. The summed E-state index contributed by atoms with van der Waals surface area (Å²) in [5, 5.41) is 5.43. The summed E-state index contributed by atoms with van der Waals surface area (Å²) in [5.74, 6) is 0. The highest BCUT2D eigenvalue weighted by Gasteiger charge is 2.04. The fourth-order valence-corrected chi connectivity index (χ4v) is 2.62. The Bertz CT molecular complexity index is 1060. The van der Waals surface area contributed by atoms with E-state index in [9.17, 15) is 4.79 Å². The molecule has 0 fully saturated rings. The van der Waals surface area contributed by atoms with Crippen molar-refractivity contribution in [2.75, 3.05) is 5.32 Å². The third-order valence-electron chi connectivity index (χ3n) is 3.74. The van der Waals surface area contributed by atoms with E-state index < -0.39 is 0 Å². The molecule has 4 aromatic rings. The summed E-state index contributed by atoms with van der Waals surface area (Å²) in [6.07, 6.45) is 5.16. The van der Waals surface area contributed by atoms with E-state index >= 15 is 0 Å². The molecule has 0 radical (unpaired) electrons. The molecule has 0 saturated carbocycles. The van der Waals surface area contributed by atoms with Gasteiger partial charge in [0.05, 0.1) is 34.7 Å². The van der Waals surface area contributed by atoms with Crippen molar-refractivity contribution in [2.45, 2.75) is 0 Å². The minimum Gasteiger partial charge on any atom is -0.353 e. The number of aromatic nitrogens is 2. The van der Waals surface area contributed by atoms with Gasteiger partial charge >= 0.3 is 0 Å².